The summed E-state index contributed by atoms with van der Waals surface area (Å²) in [4.78, 5) is 26.0. The van der Waals surface area contributed by atoms with E-state index in [0.717, 1.165) is 30.8 Å². The van der Waals surface area contributed by atoms with E-state index >= 15 is 0 Å². The number of hydrogen-bond donors (Lipinski definition) is 1. The predicted octanol–water partition coefficient (Wildman–Crippen LogP) is 1.33. The number of nitrogens with zero attached hydrogens (tertiary/aromatic N) is 4. The van der Waals surface area contributed by atoms with E-state index in [9.17, 15) is 14.7 Å². The minimum Gasteiger partial charge on any atom is -0.476 e. The molecule has 0 aliphatic carbocycles. The zero-order chi connectivity index (χ0) is 14.8. The van der Waals surface area contributed by atoms with Crippen molar-refractivity contribution in [1.29, 1.82) is 0 Å². The van der Waals surface area contributed by atoms with Crippen molar-refractivity contribution >= 4 is 23.2 Å². The molecular formula is C13H14N4O3S. The number of likely N-dealkylation sites (tertiary alicyclic amines) is 1. The first-order valence-corrected chi connectivity index (χ1v) is 7.53. The normalized spacial score (nSPS) is 14.6. The second kappa shape index (κ2) is 5.65. The van der Waals surface area contributed by atoms with Crippen LogP contribution in [0, 0.1) is 0 Å². The minimum atomic E-state index is -1.14. The lowest BCUT2D eigenvalue weighted by molar-refractivity contribution is -0.130. The average molecular weight is 306 g/mol. The Morgan fingerprint density at radius 3 is 2.71 bits per heavy atom. The SMILES string of the molecule is O=C(O)c1nnn(CC(=O)N2CCCC2)c1-c1cccs1. The molecule has 8 heteroatoms. The van der Waals surface area contributed by atoms with Crippen LogP contribution < -0.4 is 0 Å². The smallest absolute Gasteiger partial charge is 0.358 e. The maximum atomic E-state index is 12.2. The second-order valence-corrected chi connectivity index (χ2v) is 5.76. The molecule has 1 saturated heterocycles. The number of carboxylic acid groups (broad SMARTS) is 1. The molecular weight excluding hydrogens is 292 g/mol. The summed E-state index contributed by atoms with van der Waals surface area (Å²) in [6.45, 7) is 1.54. The van der Waals surface area contributed by atoms with Crippen molar-refractivity contribution in [3.63, 3.8) is 0 Å². The van der Waals surface area contributed by atoms with Crippen LogP contribution in [-0.2, 0) is 11.3 Å². The number of thiophene rings is 1. The van der Waals surface area contributed by atoms with Crippen LogP contribution in [0.1, 0.15) is 23.3 Å². The summed E-state index contributed by atoms with van der Waals surface area (Å²) in [5.41, 5.74) is 0.275. The lowest BCUT2D eigenvalue weighted by Crippen LogP contribution is -2.31. The summed E-state index contributed by atoms with van der Waals surface area (Å²) >= 11 is 1.40. The second-order valence-electron chi connectivity index (χ2n) is 4.81. The molecule has 110 valence electrons. The maximum Gasteiger partial charge on any atom is 0.358 e. The van der Waals surface area contributed by atoms with Gasteiger partial charge < -0.3 is 10.0 Å². The molecule has 21 heavy (non-hydrogen) atoms. The third-order valence-electron chi connectivity index (χ3n) is 3.44. The number of aromatic carboxylic acids is 1. The lowest BCUT2D eigenvalue weighted by Gasteiger charge is -2.15. The van der Waals surface area contributed by atoms with Gasteiger partial charge in [0.05, 0.1) is 4.88 Å². The maximum absolute atomic E-state index is 12.2. The summed E-state index contributed by atoms with van der Waals surface area (Å²) < 4.78 is 1.38. The van der Waals surface area contributed by atoms with E-state index in [4.69, 9.17) is 0 Å². The van der Waals surface area contributed by atoms with E-state index in [0.29, 0.717) is 5.69 Å². The molecule has 1 fully saturated rings. The van der Waals surface area contributed by atoms with Gasteiger partial charge in [-0.15, -0.1) is 16.4 Å². The van der Waals surface area contributed by atoms with Crippen LogP contribution in [0.5, 0.6) is 0 Å². The number of amides is 1. The van der Waals surface area contributed by atoms with Crippen LogP contribution in [0.3, 0.4) is 0 Å². The fourth-order valence-electron chi connectivity index (χ4n) is 2.42. The van der Waals surface area contributed by atoms with Crippen molar-refractivity contribution in [2.75, 3.05) is 13.1 Å². The predicted molar refractivity (Wildman–Crippen MR) is 76.1 cm³/mol. The van der Waals surface area contributed by atoms with Gasteiger partial charge in [0.2, 0.25) is 5.91 Å². The molecule has 1 aliphatic heterocycles. The molecule has 0 radical (unpaired) electrons. The van der Waals surface area contributed by atoms with Gasteiger partial charge in [-0.1, -0.05) is 11.3 Å². The number of carbonyl (C=O) groups is 2. The van der Waals surface area contributed by atoms with Gasteiger partial charge in [0.25, 0.3) is 0 Å². The van der Waals surface area contributed by atoms with E-state index in [1.807, 2.05) is 11.4 Å². The Morgan fingerprint density at radius 1 is 1.33 bits per heavy atom. The largest absolute Gasteiger partial charge is 0.476 e. The molecule has 0 spiro atoms. The van der Waals surface area contributed by atoms with Crippen molar-refractivity contribution in [3.05, 3.63) is 23.2 Å². The topological polar surface area (TPSA) is 88.3 Å². The molecule has 0 unspecified atom stereocenters. The minimum absolute atomic E-state index is 0.0213. The summed E-state index contributed by atoms with van der Waals surface area (Å²) in [5, 5.41) is 18.6. The number of carboxylic acids is 1. The van der Waals surface area contributed by atoms with Crippen LogP contribution in [0.25, 0.3) is 10.6 Å². The highest BCUT2D eigenvalue weighted by Crippen LogP contribution is 2.27. The van der Waals surface area contributed by atoms with E-state index < -0.39 is 5.97 Å². The molecule has 0 aromatic carbocycles. The highest BCUT2D eigenvalue weighted by atomic mass is 32.1. The molecule has 2 aromatic heterocycles. The highest BCUT2D eigenvalue weighted by Gasteiger charge is 2.25. The zero-order valence-corrected chi connectivity index (χ0v) is 12.0. The van der Waals surface area contributed by atoms with Gasteiger partial charge in [0.1, 0.15) is 12.2 Å². The molecule has 1 N–H and O–H groups in total. The first-order valence-electron chi connectivity index (χ1n) is 6.65. The average Bonchev–Trinajstić information content (AvgIpc) is 3.19. The van der Waals surface area contributed by atoms with Crippen LogP contribution in [0.4, 0.5) is 0 Å². The van der Waals surface area contributed by atoms with Gasteiger partial charge in [-0.05, 0) is 24.3 Å². The Hall–Kier alpha value is -2.22. The zero-order valence-electron chi connectivity index (χ0n) is 11.2. The van der Waals surface area contributed by atoms with Gasteiger partial charge in [-0.2, -0.15) is 0 Å². The lowest BCUT2D eigenvalue weighted by atomic mass is 10.2. The fraction of sp³-hybridized carbons (Fsp3) is 0.385. The van der Waals surface area contributed by atoms with Crippen molar-refractivity contribution in [2.24, 2.45) is 0 Å². The number of carbonyl (C=O) groups excluding carboxylic acids is 1. The molecule has 3 rings (SSSR count). The Morgan fingerprint density at radius 2 is 2.10 bits per heavy atom. The van der Waals surface area contributed by atoms with Crippen molar-refractivity contribution in [2.45, 2.75) is 19.4 Å². The van der Waals surface area contributed by atoms with Gasteiger partial charge in [0, 0.05) is 13.1 Å². The molecule has 0 saturated carbocycles. The summed E-state index contributed by atoms with van der Waals surface area (Å²) in [6.07, 6.45) is 2.03. The Kier molecular flexibility index (Phi) is 3.70. The first-order chi connectivity index (χ1) is 10.2. The summed E-state index contributed by atoms with van der Waals surface area (Å²) in [6, 6.07) is 3.62. The van der Waals surface area contributed by atoms with Crippen LogP contribution in [-0.4, -0.2) is 50.0 Å². The summed E-state index contributed by atoms with van der Waals surface area (Å²) in [5.74, 6) is -1.19. The molecule has 1 aliphatic rings. The number of hydrogen-bond acceptors (Lipinski definition) is 5. The molecule has 2 aromatic rings. The Balaban J connectivity index is 1.91. The van der Waals surface area contributed by atoms with E-state index in [-0.39, 0.29) is 18.1 Å². The third-order valence-corrected chi connectivity index (χ3v) is 4.31. The van der Waals surface area contributed by atoms with E-state index in [2.05, 4.69) is 10.3 Å². The van der Waals surface area contributed by atoms with Gasteiger partial charge in [-0.3, -0.25) is 4.79 Å². The number of rotatable bonds is 4. The van der Waals surface area contributed by atoms with Crippen LogP contribution in [0.2, 0.25) is 0 Å². The highest BCUT2D eigenvalue weighted by molar-refractivity contribution is 7.13. The quantitative estimate of drug-likeness (QED) is 0.920. The van der Waals surface area contributed by atoms with Crippen LogP contribution in [0.15, 0.2) is 17.5 Å². The standard InChI is InChI=1S/C13H14N4O3S/c18-10(16-5-1-2-6-16)8-17-12(9-4-3-7-21-9)11(13(19)20)14-15-17/h3-4,7H,1-2,5-6,8H2,(H,19,20). The van der Waals surface area contributed by atoms with Gasteiger partial charge in [-0.25, -0.2) is 9.48 Å². The molecule has 0 bridgehead atoms. The molecule has 1 amide bonds. The van der Waals surface area contributed by atoms with Crippen molar-refractivity contribution in [3.8, 4) is 10.6 Å². The van der Waals surface area contributed by atoms with E-state index in [1.165, 1.54) is 16.0 Å². The third kappa shape index (κ3) is 2.66. The molecule has 3 heterocycles. The molecule has 0 atom stereocenters. The first kappa shape index (κ1) is 13.7. The van der Waals surface area contributed by atoms with Crippen molar-refractivity contribution in [1.82, 2.24) is 19.9 Å². The van der Waals surface area contributed by atoms with Crippen LogP contribution >= 0.6 is 11.3 Å². The van der Waals surface area contributed by atoms with Gasteiger partial charge >= 0.3 is 5.97 Å². The summed E-state index contributed by atoms with van der Waals surface area (Å²) in [7, 11) is 0. The van der Waals surface area contributed by atoms with Gasteiger partial charge in [0.15, 0.2) is 5.69 Å². The van der Waals surface area contributed by atoms with E-state index in [1.54, 1.807) is 11.0 Å². The molecule has 7 nitrogen and oxygen atoms in total. The Bertz CT molecular complexity index is 659. The van der Waals surface area contributed by atoms with Crippen molar-refractivity contribution < 1.29 is 14.7 Å². The fourth-order valence-corrected chi connectivity index (χ4v) is 3.19. The monoisotopic (exact) mass is 306 g/mol. The number of aromatic nitrogens is 3. The Labute approximate surface area is 124 Å².